The highest BCUT2D eigenvalue weighted by Crippen LogP contribution is 2.26. The maximum atomic E-state index is 6.41. The van der Waals surface area contributed by atoms with Gasteiger partial charge < -0.3 is 25.0 Å². The third kappa shape index (κ3) is 6.46. The van der Waals surface area contributed by atoms with Crippen LogP contribution in [0.3, 0.4) is 0 Å². The first-order valence-electron chi connectivity index (χ1n) is 11.1. The third-order valence-corrected chi connectivity index (χ3v) is 5.20. The van der Waals surface area contributed by atoms with Crippen molar-refractivity contribution in [3.05, 3.63) is 41.5 Å². The zero-order valence-electron chi connectivity index (χ0n) is 19.4. The van der Waals surface area contributed by atoms with Crippen LogP contribution in [0.2, 0.25) is 0 Å². The highest BCUT2D eigenvalue weighted by atomic mass is 16.5. The summed E-state index contributed by atoms with van der Waals surface area (Å²) in [6, 6.07) is 5.62. The molecule has 1 fully saturated rings. The lowest BCUT2D eigenvalue weighted by atomic mass is 9.98. The second-order valence-electron chi connectivity index (χ2n) is 8.26. The molecule has 0 aromatic carbocycles. The molecule has 9 nitrogen and oxygen atoms in total. The molecule has 0 amide bonds. The fraction of sp³-hybridized carbons (Fsp3) is 0.522. The molecule has 0 spiro atoms. The maximum absolute atomic E-state index is 6.41. The average Bonchev–Trinajstić information content (AvgIpc) is 2.75. The van der Waals surface area contributed by atoms with Gasteiger partial charge in [0.05, 0.1) is 35.0 Å². The molecule has 0 unspecified atom stereocenters. The molecule has 4 N–H and O–H groups in total. The summed E-state index contributed by atoms with van der Waals surface area (Å²) in [7, 11) is 1.69. The van der Waals surface area contributed by atoms with Crippen molar-refractivity contribution in [2.24, 2.45) is 11.6 Å². The topological polar surface area (TPSA) is 122 Å². The molecular formula is C23H34N6O3. The summed E-state index contributed by atoms with van der Waals surface area (Å²) in [5.74, 6) is 7.26. The van der Waals surface area contributed by atoms with E-state index in [2.05, 4.69) is 15.0 Å². The number of hydrazine groups is 1. The fourth-order valence-electron chi connectivity index (χ4n) is 3.54. The van der Waals surface area contributed by atoms with Gasteiger partial charge in [-0.2, -0.15) is 4.98 Å². The number of ether oxygens (including phenoxy) is 3. The maximum Gasteiger partial charge on any atom is 0.320 e. The highest BCUT2D eigenvalue weighted by molar-refractivity contribution is 5.63. The number of rotatable bonds is 9. The van der Waals surface area contributed by atoms with E-state index >= 15 is 0 Å². The molecule has 0 bridgehead atoms. The van der Waals surface area contributed by atoms with E-state index in [0.29, 0.717) is 23.0 Å². The monoisotopic (exact) mass is 442 g/mol. The van der Waals surface area contributed by atoms with Crippen LogP contribution in [-0.2, 0) is 0 Å². The van der Waals surface area contributed by atoms with E-state index in [9.17, 15) is 0 Å². The zero-order valence-corrected chi connectivity index (χ0v) is 19.4. The van der Waals surface area contributed by atoms with E-state index in [1.807, 2.05) is 32.9 Å². The largest absolute Gasteiger partial charge is 0.489 e. The van der Waals surface area contributed by atoms with E-state index in [0.717, 1.165) is 24.3 Å². The van der Waals surface area contributed by atoms with Crippen molar-refractivity contribution < 1.29 is 14.2 Å². The second-order valence-corrected chi connectivity index (χ2v) is 8.26. The lowest BCUT2D eigenvalue weighted by Gasteiger charge is -2.24. The molecular weight excluding hydrogens is 408 g/mol. The van der Waals surface area contributed by atoms with Gasteiger partial charge in [0, 0.05) is 19.3 Å². The minimum atomic E-state index is -0.00148. The second kappa shape index (κ2) is 11.0. The van der Waals surface area contributed by atoms with Crippen LogP contribution in [0.25, 0.3) is 5.70 Å². The minimum absolute atomic E-state index is 0.00148. The summed E-state index contributed by atoms with van der Waals surface area (Å²) in [5, 5.41) is 1.41. The highest BCUT2D eigenvalue weighted by Gasteiger charge is 2.18. The van der Waals surface area contributed by atoms with E-state index in [1.165, 1.54) is 24.3 Å². The average molecular weight is 443 g/mol. The lowest BCUT2D eigenvalue weighted by molar-refractivity contribution is 0.153. The number of aromatic nitrogens is 3. The van der Waals surface area contributed by atoms with Crippen LogP contribution in [-0.4, -0.2) is 45.8 Å². The van der Waals surface area contributed by atoms with Crippen LogP contribution in [0.15, 0.2) is 30.1 Å². The number of aryl methyl sites for hydroxylation is 1. The Labute approximate surface area is 189 Å². The third-order valence-electron chi connectivity index (χ3n) is 5.20. The molecule has 0 atom stereocenters. The summed E-state index contributed by atoms with van der Waals surface area (Å²) in [6.07, 6.45) is 7.74. The van der Waals surface area contributed by atoms with Crippen molar-refractivity contribution in [3.8, 4) is 17.6 Å². The molecule has 0 radical (unpaired) electrons. The van der Waals surface area contributed by atoms with Gasteiger partial charge in [-0.25, -0.2) is 15.8 Å². The first-order valence-corrected chi connectivity index (χ1v) is 11.1. The van der Waals surface area contributed by atoms with Gasteiger partial charge in [0.15, 0.2) is 0 Å². The van der Waals surface area contributed by atoms with Crippen molar-refractivity contribution in [2.75, 3.05) is 13.7 Å². The lowest BCUT2D eigenvalue weighted by Crippen LogP contribution is -2.31. The Morgan fingerprint density at radius 3 is 2.56 bits per heavy atom. The van der Waals surface area contributed by atoms with Gasteiger partial charge in [0.25, 0.3) is 0 Å². The van der Waals surface area contributed by atoms with Crippen LogP contribution in [0.1, 0.15) is 57.3 Å². The van der Waals surface area contributed by atoms with Gasteiger partial charge in [0.2, 0.25) is 5.88 Å². The fourth-order valence-corrected chi connectivity index (χ4v) is 3.54. The predicted molar refractivity (Wildman–Crippen MR) is 123 cm³/mol. The smallest absolute Gasteiger partial charge is 0.320 e. The number of hydrogen-bond donors (Lipinski definition) is 2. The van der Waals surface area contributed by atoms with Crippen molar-refractivity contribution >= 4 is 5.70 Å². The Bertz CT molecular complexity index is 926. The van der Waals surface area contributed by atoms with Gasteiger partial charge in [-0.3, -0.25) is 0 Å². The molecule has 174 valence electrons. The Morgan fingerprint density at radius 2 is 1.91 bits per heavy atom. The van der Waals surface area contributed by atoms with Gasteiger partial charge in [-0.15, -0.1) is 0 Å². The first-order chi connectivity index (χ1) is 15.3. The normalized spacial score (nSPS) is 15.3. The Balaban J connectivity index is 1.73. The molecule has 9 heteroatoms. The minimum Gasteiger partial charge on any atom is -0.489 e. The molecule has 1 aliphatic carbocycles. The molecule has 0 aliphatic heterocycles. The SMILES string of the molecule is Cc1nc(/C(N)=C(\COc2nccc(OC(C)C)n2)N(C)N)ccc1OC1CCCCC1. The molecule has 2 aromatic rings. The van der Waals surface area contributed by atoms with Crippen molar-refractivity contribution in [3.63, 3.8) is 0 Å². The summed E-state index contributed by atoms with van der Waals surface area (Å²) >= 11 is 0. The molecule has 1 aliphatic rings. The number of pyridine rings is 1. The van der Waals surface area contributed by atoms with Crippen LogP contribution < -0.4 is 25.8 Å². The van der Waals surface area contributed by atoms with Crippen LogP contribution >= 0.6 is 0 Å². The molecule has 2 aromatic heterocycles. The van der Waals surface area contributed by atoms with E-state index in [-0.39, 0.29) is 24.8 Å². The number of hydrogen-bond acceptors (Lipinski definition) is 9. The van der Waals surface area contributed by atoms with E-state index in [4.69, 9.17) is 25.8 Å². The molecule has 32 heavy (non-hydrogen) atoms. The predicted octanol–water partition coefficient (Wildman–Crippen LogP) is 3.19. The van der Waals surface area contributed by atoms with E-state index < -0.39 is 0 Å². The van der Waals surface area contributed by atoms with Gasteiger partial charge in [0.1, 0.15) is 12.4 Å². The Hall–Kier alpha value is -3.07. The van der Waals surface area contributed by atoms with E-state index in [1.54, 1.807) is 19.3 Å². The standard InChI is InChI=1S/C23H34N6O3/c1-15(2)31-21-12-13-26-23(28-21)30-14-19(29(4)25)22(24)18-10-11-20(16(3)27-18)32-17-8-6-5-7-9-17/h10-13,15,17H,5-9,14,24-25H2,1-4H3/b22-19-. The quantitative estimate of drug-likeness (QED) is 0.445. The van der Waals surface area contributed by atoms with Crippen LogP contribution in [0.4, 0.5) is 0 Å². The number of likely N-dealkylation sites (N-methyl/N-ethyl adjacent to an activating group) is 1. The van der Waals surface area contributed by atoms with Crippen LogP contribution in [0.5, 0.6) is 17.6 Å². The van der Waals surface area contributed by atoms with Gasteiger partial charge >= 0.3 is 6.01 Å². The number of nitrogens with two attached hydrogens (primary N) is 2. The summed E-state index contributed by atoms with van der Waals surface area (Å²) in [6.45, 7) is 5.85. The molecule has 0 saturated heterocycles. The van der Waals surface area contributed by atoms with Crippen molar-refractivity contribution in [1.29, 1.82) is 0 Å². The number of nitrogens with zero attached hydrogens (tertiary/aromatic N) is 4. The molecule has 2 heterocycles. The van der Waals surface area contributed by atoms with Crippen molar-refractivity contribution in [2.45, 2.75) is 65.1 Å². The Kier molecular flexibility index (Phi) is 8.10. The zero-order chi connectivity index (χ0) is 23.1. The summed E-state index contributed by atoms with van der Waals surface area (Å²) in [4.78, 5) is 13.0. The summed E-state index contributed by atoms with van der Waals surface area (Å²) in [5.41, 5.74) is 8.77. The summed E-state index contributed by atoms with van der Waals surface area (Å²) < 4.78 is 17.5. The molecule has 3 rings (SSSR count). The first kappa shape index (κ1) is 23.6. The Morgan fingerprint density at radius 1 is 1.16 bits per heavy atom. The van der Waals surface area contributed by atoms with Crippen LogP contribution in [0, 0.1) is 6.92 Å². The molecule has 1 saturated carbocycles. The van der Waals surface area contributed by atoms with Gasteiger partial charge in [-0.05, 0) is 58.6 Å². The van der Waals surface area contributed by atoms with Crippen molar-refractivity contribution in [1.82, 2.24) is 20.0 Å². The van der Waals surface area contributed by atoms with Gasteiger partial charge in [-0.1, -0.05) is 6.42 Å².